The highest BCUT2D eigenvalue weighted by molar-refractivity contribution is 6.31. The van der Waals surface area contributed by atoms with Crippen LogP contribution in [0.4, 0.5) is 4.79 Å². The summed E-state index contributed by atoms with van der Waals surface area (Å²) in [4.78, 5) is 12.0. The fraction of sp³-hybridized carbons (Fsp3) is 0.588. The van der Waals surface area contributed by atoms with Crippen molar-refractivity contribution in [3.05, 3.63) is 34.9 Å². The largest absolute Gasteiger partial charge is 0.446 e. The Morgan fingerprint density at radius 2 is 2.19 bits per heavy atom. The molecule has 21 heavy (non-hydrogen) atoms. The van der Waals surface area contributed by atoms with Crippen LogP contribution in [-0.2, 0) is 11.2 Å². The van der Waals surface area contributed by atoms with Crippen LogP contribution in [0, 0.1) is 11.8 Å². The minimum Gasteiger partial charge on any atom is -0.446 e. The van der Waals surface area contributed by atoms with Gasteiger partial charge in [-0.05, 0) is 49.7 Å². The normalized spacial score (nSPS) is 28.4. The molecule has 2 fully saturated rings. The summed E-state index contributed by atoms with van der Waals surface area (Å²) in [6, 6.07) is 8.00. The van der Waals surface area contributed by atoms with Crippen LogP contribution >= 0.6 is 11.6 Å². The smallest absolute Gasteiger partial charge is 0.407 e. The fourth-order valence-corrected chi connectivity index (χ4v) is 4.02. The van der Waals surface area contributed by atoms with Crippen molar-refractivity contribution in [1.29, 1.82) is 0 Å². The molecule has 114 valence electrons. The molecule has 0 aliphatic heterocycles. The molecule has 0 saturated heterocycles. The Labute approximate surface area is 131 Å². The maximum atomic E-state index is 12.0. The molecular formula is C17H22ClNO2. The van der Waals surface area contributed by atoms with E-state index in [0.29, 0.717) is 18.4 Å². The highest BCUT2D eigenvalue weighted by Crippen LogP contribution is 2.44. The van der Waals surface area contributed by atoms with Crippen molar-refractivity contribution in [1.82, 2.24) is 5.32 Å². The molecule has 2 aliphatic rings. The van der Waals surface area contributed by atoms with Gasteiger partial charge in [-0.1, -0.05) is 36.2 Å². The van der Waals surface area contributed by atoms with E-state index in [-0.39, 0.29) is 12.2 Å². The number of alkyl carbamates (subject to hydrolysis) is 1. The van der Waals surface area contributed by atoms with Crippen LogP contribution in [0.1, 0.15) is 38.2 Å². The number of amides is 1. The number of hydrogen-bond donors (Lipinski definition) is 1. The van der Waals surface area contributed by atoms with Crippen molar-refractivity contribution in [3.8, 4) is 0 Å². The van der Waals surface area contributed by atoms with Crippen molar-refractivity contribution in [2.24, 2.45) is 11.8 Å². The zero-order valence-corrected chi connectivity index (χ0v) is 13.1. The Morgan fingerprint density at radius 3 is 2.86 bits per heavy atom. The van der Waals surface area contributed by atoms with Gasteiger partial charge in [-0.15, -0.1) is 0 Å². The third-order valence-electron chi connectivity index (χ3n) is 4.81. The Bertz CT molecular complexity index is 519. The molecule has 0 heterocycles. The van der Waals surface area contributed by atoms with E-state index >= 15 is 0 Å². The molecule has 2 saturated carbocycles. The van der Waals surface area contributed by atoms with Crippen LogP contribution in [0.15, 0.2) is 24.3 Å². The maximum absolute atomic E-state index is 12.0. The van der Waals surface area contributed by atoms with Crippen LogP contribution in [0.2, 0.25) is 5.02 Å². The SMILES string of the molecule is C[C@@H](Cc1ccccc1Cl)OC(=O)NC1CC2CCC1C2. The quantitative estimate of drug-likeness (QED) is 0.906. The number of nitrogens with one attached hydrogen (secondary N) is 1. The van der Waals surface area contributed by atoms with Gasteiger partial charge in [-0.3, -0.25) is 0 Å². The van der Waals surface area contributed by atoms with Gasteiger partial charge in [0.05, 0.1) is 0 Å². The maximum Gasteiger partial charge on any atom is 0.407 e. The van der Waals surface area contributed by atoms with Gasteiger partial charge in [0.25, 0.3) is 0 Å². The van der Waals surface area contributed by atoms with Gasteiger partial charge in [-0.25, -0.2) is 4.79 Å². The lowest BCUT2D eigenvalue weighted by atomic mass is 9.96. The van der Waals surface area contributed by atoms with Crippen molar-refractivity contribution in [2.75, 3.05) is 0 Å². The van der Waals surface area contributed by atoms with Crippen LogP contribution in [0.5, 0.6) is 0 Å². The average molecular weight is 308 g/mol. The fourth-order valence-electron chi connectivity index (χ4n) is 3.80. The highest BCUT2D eigenvalue weighted by atomic mass is 35.5. The number of benzene rings is 1. The summed E-state index contributed by atoms with van der Waals surface area (Å²) in [5.74, 6) is 1.49. The average Bonchev–Trinajstić information content (AvgIpc) is 3.03. The molecule has 3 nitrogen and oxygen atoms in total. The molecule has 2 bridgehead atoms. The summed E-state index contributed by atoms with van der Waals surface area (Å²) in [7, 11) is 0. The number of rotatable bonds is 4. The Balaban J connectivity index is 1.47. The molecule has 1 N–H and O–H groups in total. The van der Waals surface area contributed by atoms with E-state index in [0.717, 1.165) is 22.9 Å². The summed E-state index contributed by atoms with van der Waals surface area (Å²) in [5.41, 5.74) is 1.01. The lowest BCUT2D eigenvalue weighted by molar-refractivity contribution is 0.101. The summed E-state index contributed by atoms with van der Waals surface area (Å²) in [5, 5.41) is 3.77. The molecule has 3 rings (SSSR count). The first-order valence-electron chi connectivity index (χ1n) is 7.82. The minimum atomic E-state index is -0.285. The molecule has 1 aromatic rings. The first kappa shape index (κ1) is 14.7. The lowest BCUT2D eigenvalue weighted by Crippen LogP contribution is -2.40. The summed E-state index contributed by atoms with van der Waals surface area (Å²) < 4.78 is 5.47. The van der Waals surface area contributed by atoms with E-state index in [1.54, 1.807) is 0 Å². The molecule has 3 unspecified atom stereocenters. The minimum absolute atomic E-state index is 0.177. The molecule has 2 aliphatic carbocycles. The van der Waals surface area contributed by atoms with Crippen LogP contribution < -0.4 is 5.32 Å². The molecule has 1 amide bonds. The molecule has 0 aromatic heterocycles. The zero-order chi connectivity index (χ0) is 14.8. The van der Waals surface area contributed by atoms with Gasteiger partial charge in [0, 0.05) is 17.5 Å². The van der Waals surface area contributed by atoms with Gasteiger partial charge < -0.3 is 10.1 Å². The molecule has 0 spiro atoms. The number of ether oxygens (including phenoxy) is 1. The number of carbonyl (C=O) groups excluding carboxylic acids is 1. The predicted octanol–water partition coefficient (Wildman–Crippen LogP) is 4.19. The van der Waals surface area contributed by atoms with E-state index in [4.69, 9.17) is 16.3 Å². The summed E-state index contributed by atoms with van der Waals surface area (Å²) in [6.45, 7) is 1.91. The molecule has 0 radical (unpaired) electrons. The zero-order valence-electron chi connectivity index (χ0n) is 12.3. The predicted molar refractivity (Wildman–Crippen MR) is 83.5 cm³/mol. The standard InChI is InChI=1S/C17H22ClNO2/c1-11(8-13-4-2-3-5-15(13)18)21-17(20)19-16-10-12-6-7-14(16)9-12/h2-5,11-12,14,16H,6-10H2,1H3,(H,19,20)/t11-,12?,14?,16?/m0/s1. The first-order chi connectivity index (χ1) is 10.1. The summed E-state index contributed by atoms with van der Waals surface area (Å²) in [6.07, 6.45) is 5.17. The van der Waals surface area contributed by atoms with Gasteiger partial charge in [0.1, 0.15) is 6.10 Å². The van der Waals surface area contributed by atoms with E-state index in [1.807, 2.05) is 31.2 Å². The first-order valence-corrected chi connectivity index (χ1v) is 8.20. The second kappa shape index (κ2) is 6.27. The Morgan fingerprint density at radius 1 is 1.38 bits per heavy atom. The van der Waals surface area contributed by atoms with E-state index in [9.17, 15) is 4.79 Å². The number of fused-ring (bicyclic) bond motifs is 2. The van der Waals surface area contributed by atoms with E-state index in [1.165, 1.54) is 19.3 Å². The second-order valence-electron chi connectivity index (χ2n) is 6.44. The van der Waals surface area contributed by atoms with Crippen LogP contribution in [0.3, 0.4) is 0 Å². The monoisotopic (exact) mass is 307 g/mol. The molecule has 4 heteroatoms. The molecule has 4 atom stereocenters. The number of hydrogen-bond acceptors (Lipinski definition) is 2. The third-order valence-corrected chi connectivity index (χ3v) is 5.18. The van der Waals surface area contributed by atoms with Crippen molar-refractivity contribution >= 4 is 17.7 Å². The topological polar surface area (TPSA) is 38.3 Å². The Kier molecular flexibility index (Phi) is 4.39. The van der Waals surface area contributed by atoms with Crippen molar-refractivity contribution < 1.29 is 9.53 Å². The number of halogens is 1. The van der Waals surface area contributed by atoms with Gasteiger partial charge in [-0.2, -0.15) is 0 Å². The van der Waals surface area contributed by atoms with Crippen LogP contribution in [0.25, 0.3) is 0 Å². The second-order valence-corrected chi connectivity index (χ2v) is 6.84. The summed E-state index contributed by atoms with van der Waals surface area (Å²) >= 11 is 6.13. The van der Waals surface area contributed by atoms with Crippen molar-refractivity contribution in [2.45, 2.75) is 51.2 Å². The lowest BCUT2D eigenvalue weighted by Gasteiger charge is -2.23. The number of carbonyl (C=O) groups is 1. The van der Waals surface area contributed by atoms with Gasteiger partial charge >= 0.3 is 6.09 Å². The van der Waals surface area contributed by atoms with Gasteiger partial charge in [0.2, 0.25) is 0 Å². The van der Waals surface area contributed by atoms with E-state index in [2.05, 4.69) is 5.32 Å². The van der Waals surface area contributed by atoms with E-state index < -0.39 is 0 Å². The van der Waals surface area contributed by atoms with Crippen molar-refractivity contribution in [3.63, 3.8) is 0 Å². The Hall–Kier alpha value is -1.22. The van der Waals surface area contributed by atoms with Gasteiger partial charge in [0.15, 0.2) is 0 Å². The highest BCUT2D eigenvalue weighted by Gasteiger charge is 2.40. The van der Waals surface area contributed by atoms with Crippen LogP contribution in [-0.4, -0.2) is 18.2 Å². The molecular weight excluding hydrogens is 286 g/mol. The molecule has 1 aromatic carbocycles. The third kappa shape index (κ3) is 3.52.